The van der Waals surface area contributed by atoms with E-state index in [1.165, 1.54) is 0 Å². The van der Waals surface area contributed by atoms with Gasteiger partial charge in [-0.3, -0.25) is 4.98 Å². The van der Waals surface area contributed by atoms with Gasteiger partial charge in [0.2, 0.25) is 0 Å². The third-order valence-electron chi connectivity index (χ3n) is 2.98. The normalized spacial score (nSPS) is 10.9. The van der Waals surface area contributed by atoms with Gasteiger partial charge in [0.05, 0.1) is 16.2 Å². The molecule has 0 aliphatic heterocycles. The Kier molecular flexibility index (Phi) is 4.61. The second-order valence-corrected chi connectivity index (χ2v) is 6.25. The number of halogens is 2. The van der Waals surface area contributed by atoms with E-state index in [0.29, 0.717) is 21.6 Å². The van der Waals surface area contributed by atoms with E-state index >= 15 is 0 Å². The molecule has 0 aliphatic carbocycles. The molecule has 0 atom stereocenters. The first-order valence-electron chi connectivity index (χ1n) is 6.37. The molecule has 22 heavy (non-hydrogen) atoms. The number of hydrogen-bond acceptors (Lipinski definition) is 5. The van der Waals surface area contributed by atoms with E-state index in [-0.39, 0.29) is 0 Å². The zero-order valence-corrected chi connectivity index (χ0v) is 13.9. The van der Waals surface area contributed by atoms with Gasteiger partial charge < -0.3 is 4.57 Å². The highest BCUT2D eigenvalue weighted by Gasteiger charge is 2.12. The summed E-state index contributed by atoms with van der Waals surface area (Å²) in [5, 5.41) is 10.3. The molecule has 3 aromatic rings. The minimum absolute atomic E-state index is 0.554. The van der Waals surface area contributed by atoms with E-state index in [1.54, 1.807) is 36.4 Å². The van der Waals surface area contributed by atoms with Crippen molar-refractivity contribution in [2.75, 3.05) is 0 Å². The van der Waals surface area contributed by atoms with Crippen molar-refractivity contribution < 1.29 is 0 Å². The lowest BCUT2D eigenvalue weighted by atomic mass is 10.2. The Bertz CT molecular complexity index is 791. The summed E-state index contributed by atoms with van der Waals surface area (Å²) in [5.74, 6) is 1.41. The van der Waals surface area contributed by atoms with E-state index in [1.807, 2.05) is 23.7 Å². The zero-order chi connectivity index (χ0) is 15.5. The Morgan fingerprint density at radius 2 is 2.00 bits per heavy atom. The van der Waals surface area contributed by atoms with Crippen molar-refractivity contribution >= 4 is 35.0 Å². The van der Waals surface area contributed by atoms with E-state index in [2.05, 4.69) is 20.2 Å². The summed E-state index contributed by atoms with van der Waals surface area (Å²) < 4.78 is 1.90. The molecule has 0 aliphatic rings. The molecular formula is C14H11Cl2N5S. The highest BCUT2D eigenvalue weighted by Crippen LogP contribution is 2.27. The average Bonchev–Trinajstić information content (AvgIpc) is 2.90. The van der Waals surface area contributed by atoms with Crippen molar-refractivity contribution in [3.8, 4) is 11.5 Å². The van der Waals surface area contributed by atoms with Gasteiger partial charge in [-0.2, -0.15) is 0 Å². The van der Waals surface area contributed by atoms with Crippen LogP contribution < -0.4 is 0 Å². The molecule has 1 aromatic carbocycles. The summed E-state index contributed by atoms with van der Waals surface area (Å²) >= 11 is 13.5. The zero-order valence-electron chi connectivity index (χ0n) is 11.6. The monoisotopic (exact) mass is 351 g/mol. The molecule has 3 rings (SSSR count). The van der Waals surface area contributed by atoms with E-state index in [4.69, 9.17) is 23.2 Å². The van der Waals surface area contributed by atoms with Crippen molar-refractivity contribution in [3.63, 3.8) is 0 Å². The summed E-state index contributed by atoms with van der Waals surface area (Å²) in [5.41, 5.74) is 1.77. The highest BCUT2D eigenvalue weighted by molar-refractivity contribution is 7.98. The number of aromatic nitrogens is 5. The van der Waals surface area contributed by atoms with E-state index < -0.39 is 0 Å². The third-order valence-corrected chi connectivity index (χ3v) is 4.81. The van der Waals surface area contributed by atoms with Crippen molar-refractivity contribution in [1.82, 2.24) is 24.7 Å². The van der Waals surface area contributed by atoms with Crippen LogP contribution in [0, 0.1) is 0 Å². The van der Waals surface area contributed by atoms with Crippen LogP contribution in [0.15, 0.2) is 41.9 Å². The van der Waals surface area contributed by atoms with Gasteiger partial charge in [-0.25, -0.2) is 4.98 Å². The Morgan fingerprint density at radius 3 is 2.73 bits per heavy atom. The Balaban J connectivity index is 1.76. The summed E-state index contributed by atoms with van der Waals surface area (Å²) in [6.07, 6.45) is 4.92. The van der Waals surface area contributed by atoms with Crippen LogP contribution in [0.5, 0.6) is 0 Å². The quantitative estimate of drug-likeness (QED) is 0.667. The maximum atomic E-state index is 6.02. The molecule has 0 unspecified atom stereocenters. The molecule has 0 spiro atoms. The number of thioether (sulfide) groups is 1. The van der Waals surface area contributed by atoms with Gasteiger partial charge >= 0.3 is 0 Å². The van der Waals surface area contributed by atoms with E-state index in [0.717, 1.165) is 16.5 Å². The van der Waals surface area contributed by atoms with Crippen LogP contribution in [-0.4, -0.2) is 24.7 Å². The third kappa shape index (κ3) is 3.24. The second-order valence-electron chi connectivity index (χ2n) is 4.49. The summed E-state index contributed by atoms with van der Waals surface area (Å²) in [4.78, 5) is 8.28. The Labute approximate surface area is 141 Å². The molecule has 0 fully saturated rings. The first-order chi connectivity index (χ1) is 10.6. The maximum absolute atomic E-state index is 6.02. The Hall–Kier alpha value is -1.63. The molecule has 8 heteroatoms. The smallest absolute Gasteiger partial charge is 0.191 e. The fourth-order valence-electron chi connectivity index (χ4n) is 1.86. The molecule has 0 N–H and O–H groups in total. The molecule has 5 nitrogen and oxygen atoms in total. The minimum atomic E-state index is 0.554. The van der Waals surface area contributed by atoms with Gasteiger partial charge in [-0.15, -0.1) is 10.2 Å². The largest absolute Gasteiger partial charge is 0.304 e. The number of rotatable bonds is 4. The highest BCUT2D eigenvalue weighted by atomic mass is 35.5. The van der Waals surface area contributed by atoms with Crippen LogP contribution in [0.1, 0.15) is 5.56 Å². The number of nitrogens with zero attached hydrogens (tertiary/aromatic N) is 5. The lowest BCUT2D eigenvalue weighted by Gasteiger charge is -2.04. The standard InChI is InChI=1S/C14H11Cl2N5S/c1-21-13(12-7-17-4-5-18-12)19-20-14(21)22-8-9-2-3-10(15)11(16)6-9/h2-7H,8H2,1H3. The topological polar surface area (TPSA) is 56.5 Å². The molecular weight excluding hydrogens is 341 g/mol. The van der Waals surface area contributed by atoms with Crippen LogP contribution >= 0.6 is 35.0 Å². The Morgan fingerprint density at radius 1 is 1.14 bits per heavy atom. The second kappa shape index (κ2) is 6.64. The van der Waals surface area contributed by atoms with Gasteiger partial charge in [0, 0.05) is 25.2 Å². The average molecular weight is 352 g/mol. The fraction of sp³-hybridized carbons (Fsp3) is 0.143. The van der Waals surface area contributed by atoms with Gasteiger partial charge in [-0.05, 0) is 17.7 Å². The van der Waals surface area contributed by atoms with Crippen LogP contribution in [0.4, 0.5) is 0 Å². The fourth-order valence-corrected chi connectivity index (χ4v) is 3.03. The minimum Gasteiger partial charge on any atom is -0.304 e. The molecule has 112 valence electrons. The summed E-state index contributed by atoms with van der Waals surface area (Å²) in [6, 6.07) is 5.60. The lowest BCUT2D eigenvalue weighted by molar-refractivity contribution is 0.791. The first-order valence-corrected chi connectivity index (χ1v) is 8.12. The molecule has 0 bridgehead atoms. The van der Waals surface area contributed by atoms with Crippen molar-refractivity contribution in [2.24, 2.45) is 7.05 Å². The number of benzene rings is 1. The van der Waals surface area contributed by atoms with Gasteiger partial charge in [-0.1, -0.05) is 41.0 Å². The number of hydrogen-bond donors (Lipinski definition) is 0. The SMILES string of the molecule is Cn1c(SCc2ccc(Cl)c(Cl)c2)nnc1-c1cnccn1. The van der Waals surface area contributed by atoms with Gasteiger partial charge in [0.15, 0.2) is 11.0 Å². The first kappa shape index (κ1) is 15.3. The van der Waals surface area contributed by atoms with Crippen molar-refractivity contribution in [1.29, 1.82) is 0 Å². The van der Waals surface area contributed by atoms with Crippen LogP contribution in [-0.2, 0) is 12.8 Å². The lowest BCUT2D eigenvalue weighted by Crippen LogP contribution is -1.97. The summed E-state index contributed by atoms with van der Waals surface area (Å²) in [7, 11) is 1.90. The maximum Gasteiger partial charge on any atom is 0.191 e. The van der Waals surface area contributed by atoms with Crippen LogP contribution in [0.2, 0.25) is 10.0 Å². The van der Waals surface area contributed by atoms with Crippen molar-refractivity contribution in [2.45, 2.75) is 10.9 Å². The molecule has 0 saturated carbocycles. The van der Waals surface area contributed by atoms with E-state index in [9.17, 15) is 0 Å². The van der Waals surface area contributed by atoms with Gasteiger partial charge in [0.1, 0.15) is 5.69 Å². The molecule has 2 heterocycles. The van der Waals surface area contributed by atoms with Crippen LogP contribution in [0.3, 0.4) is 0 Å². The van der Waals surface area contributed by atoms with Gasteiger partial charge in [0.25, 0.3) is 0 Å². The van der Waals surface area contributed by atoms with Crippen molar-refractivity contribution in [3.05, 3.63) is 52.4 Å². The summed E-state index contributed by atoms with van der Waals surface area (Å²) in [6.45, 7) is 0. The molecule has 2 aromatic heterocycles. The molecule has 0 radical (unpaired) electrons. The molecule has 0 amide bonds. The molecule has 0 saturated heterocycles. The predicted octanol–water partition coefficient (Wildman–Crippen LogP) is 3.87. The van der Waals surface area contributed by atoms with Crippen LogP contribution in [0.25, 0.3) is 11.5 Å². The predicted molar refractivity (Wildman–Crippen MR) is 88.1 cm³/mol.